The molecule has 3 unspecified atom stereocenters. The zero-order chi connectivity index (χ0) is 19.4. The van der Waals surface area contributed by atoms with Crippen LogP contribution in [0.3, 0.4) is 0 Å². The smallest absolute Gasteiger partial charge is 0.262 e. The van der Waals surface area contributed by atoms with Crippen molar-refractivity contribution in [1.29, 1.82) is 0 Å². The third-order valence-electron chi connectivity index (χ3n) is 5.40. The van der Waals surface area contributed by atoms with Gasteiger partial charge in [0.1, 0.15) is 6.04 Å². The number of likely N-dealkylation sites (tertiary alicyclic amines) is 1. The van der Waals surface area contributed by atoms with Gasteiger partial charge in [-0.25, -0.2) is 18.6 Å². The molecular formula is C16H29N3O5S2. The molecule has 0 aromatic rings. The van der Waals surface area contributed by atoms with E-state index in [1.54, 1.807) is 24.7 Å². The molecule has 3 N–H and O–H groups in total. The number of methoxy groups -OCH3 is 1. The Morgan fingerprint density at radius 3 is 2.46 bits per heavy atom. The summed E-state index contributed by atoms with van der Waals surface area (Å²) in [7, 11) is -0.188. The van der Waals surface area contributed by atoms with Gasteiger partial charge in [0.2, 0.25) is 10.0 Å². The summed E-state index contributed by atoms with van der Waals surface area (Å²) in [6.45, 7) is 1.52. The molecule has 1 aliphatic carbocycles. The number of rotatable bonds is 7. The summed E-state index contributed by atoms with van der Waals surface area (Å²) in [5.41, 5.74) is 1.64. The minimum Gasteiger partial charge on any atom is -0.377 e. The molecule has 10 heteroatoms. The fourth-order valence-corrected chi connectivity index (χ4v) is 6.19. The van der Waals surface area contributed by atoms with Crippen LogP contribution in [0.4, 0.5) is 0 Å². The third kappa shape index (κ3) is 4.79. The van der Waals surface area contributed by atoms with Crippen molar-refractivity contribution in [3.05, 3.63) is 12.2 Å². The quantitative estimate of drug-likeness (QED) is 0.317. The molecule has 0 bridgehead atoms. The molecule has 2 aliphatic rings. The van der Waals surface area contributed by atoms with Crippen molar-refractivity contribution in [3.8, 4) is 0 Å². The maximum atomic E-state index is 12.9. The monoisotopic (exact) mass is 407 g/mol. The Morgan fingerprint density at radius 2 is 2.00 bits per heavy atom. The topological polar surface area (TPSA) is 108 Å². The van der Waals surface area contributed by atoms with Crippen LogP contribution >= 0.6 is 11.8 Å². The Hall–Kier alpha value is -0.650. The fourth-order valence-electron chi connectivity index (χ4n) is 3.55. The molecule has 26 heavy (non-hydrogen) atoms. The van der Waals surface area contributed by atoms with Gasteiger partial charge in [-0.05, 0) is 52.1 Å². The number of hydrogen-bond donors (Lipinski definition) is 3. The van der Waals surface area contributed by atoms with E-state index in [0.29, 0.717) is 25.7 Å². The number of nitrogens with one attached hydrogen (secondary N) is 2. The molecule has 150 valence electrons. The molecule has 1 fully saturated rings. The van der Waals surface area contributed by atoms with E-state index in [9.17, 15) is 18.4 Å². The Labute approximate surface area is 159 Å². The lowest BCUT2D eigenvalue weighted by atomic mass is 9.88. The van der Waals surface area contributed by atoms with Crippen LogP contribution in [0.1, 0.15) is 25.7 Å². The normalized spacial score (nSPS) is 27.8. The Kier molecular flexibility index (Phi) is 7.52. The van der Waals surface area contributed by atoms with Gasteiger partial charge in [0, 0.05) is 11.9 Å². The van der Waals surface area contributed by atoms with Crippen LogP contribution in [0.15, 0.2) is 12.2 Å². The lowest BCUT2D eigenvalue weighted by Crippen LogP contribution is -2.62. The predicted molar refractivity (Wildman–Crippen MR) is 102 cm³/mol. The van der Waals surface area contributed by atoms with Crippen LogP contribution < -0.4 is 10.2 Å². The molecule has 8 nitrogen and oxygen atoms in total. The second-order valence-corrected chi connectivity index (χ2v) is 10.1. The predicted octanol–water partition coefficient (Wildman–Crippen LogP) is 0.341. The lowest BCUT2D eigenvalue weighted by Gasteiger charge is -2.44. The molecule has 1 amide bonds. The minimum atomic E-state index is -3.77. The number of carbonyl (C=O) groups is 1. The second-order valence-electron chi connectivity index (χ2n) is 6.92. The maximum Gasteiger partial charge on any atom is 0.262 e. The van der Waals surface area contributed by atoms with Gasteiger partial charge in [-0.15, -0.1) is 0 Å². The molecular weight excluding hydrogens is 378 g/mol. The highest BCUT2D eigenvalue weighted by molar-refractivity contribution is 8.00. The van der Waals surface area contributed by atoms with Crippen LogP contribution in [0.25, 0.3) is 0 Å². The number of carbonyl (C=O) groups excluding carboxylic acids is 1. The average Bonchev–Trinajstić information content (AvgIpc) is 2.66. The highest BCUT2D eigenvalue weighted by Gasteiger charge is 2.47. The van der Waals surface area contributed by atoms with Crippen molar-refractivity contribution < 1.29 is 23.2 Å². The highest BCUT2D eigenvalue weighted by atomic mass is 32.2. The molecule has 1 aliphatic heterocycles. The first-order valence-corrected chi connectivity index (χ1v) is 11.4. The van der Waals surface area contributed by atoms with Gasteiger partial charge < -0.3 is 9.64 Å². The van der Waals surface area contributed by atoms with Crippen LogP contribution in [-0.4, -0.2) is 80.1 Å². The molecule has 0 spiro atoms. The van der Waals surface area contributed by atoms with Crippen LogP contribution in [-0.2, 0) is 19.6 Å². The first kappa shape index (κ1) is 21.6. The summed E-state index contributed by atoms with van der Waals surface area (Å²) in [5, 5.41) is 8.47. The van der Waals surface area contributed by atoms with E-state index in [4.69, 9.17) is 4.74 Å². The van der Waals surface area contributed by atoms with Crippen LogP contribution in [0, 0.1) is 0 Å². The molecule has 0 aromatic heterocycles. The van der Waals surface area contributed by atoms with E-state index < -0.39 is 32.0 Å². The van der Waals surface area contributed by atoms with Gasteiger partial charge in [-0.2, -0.15) is 11.8 Å². The number of piperidine rings is 1. The molecule has 0 saturated carbocycles. The molecule has 2 rings (SSSR count). The van der Waals surface area contributed by atoms with Gasteiger partial charge in [0.25, 0.3) is 5.91 Å². The van der Waals surface area contributed by atoms with Crippen molar-refractivity contribution in [2.75, 3.05) is 33.5 Å². The molecule has 1 saturated heterocycles. The summed E-state index contributed by atoms with van der Waals surface area (Å²) in [6, 6.07) is -1.03. The van der Waals surface area contributed by atoms with Gasteiger partial charge >= 0.3 is 0 Å². The number of ether oxygens (including phenoxy) is 1. The molecule has 3 atom stereocenters. The first-order valence-electron chi connectivity index (χ1n) is 8.68. The van der Waals surface area contributed by atoms with Gasteiger partial charge in [-0.3, -0.25) is 10.0 Å². The standard InChI is InChI=1S/C16H29N3O5S2/c1-19-10-8-16(25-3,9-11-19)14(15(20)17-21)18-26(22,23)13-6-4-12(24-2)5-7-13/h4,6,12-14,18,21H,5,7-11H2,1-3H3,(H,17,20). The number of sulfonamides is 1. The number of thioether (sulfide) groups is 1. The SMILES string of the molecule is COC1C=CC(S(=O)(=O)NC(C(=O)NO)C2(SC)CCN(C)CC2)CC1. The fraction of sp³-hybridized carbons (Fsp3) is 0.812. The number of amides is 1. The van der Waals surface area contributed by atoms with Crippen molar-refractivity contribution in [1.82, 2.24) is 15.1 Å². The number of hydroxylamine groups is 1. The number of nitrogens with zero attached hydrogens (tertiary/aromatic N) is 1. The molecule has 0 radical (unpaired) electrons. The molecule has 1 heterocycles. The lowest BCUT2D eigenvalue weighted by molar-refractivity contribution is -0.132. The zero-order valence-electron chi connectivity index (χ0n) is 15.5. The van der Waals surface area contributed by atoms with Crippen LogP contribution in [0.2, 0.25) is 0 Å². The highest BCUT2D eigenvalue weighted by Crippen LogP contribution is 2.38. The second kappa shape index (κ2) is 9.03. The van der Waals surface area contributed by atoms with Crippen molar-refractivity contribution in [2.45, 2.75) is 47.8 Å². The van der Waals surface area contributed by atoms with Crippen molar-refractivity contribution in [3.63, 3.8) is 0 Å². The Morgan fingerprint density at radius 1 is 1.35 bits per heavy atom. The maximum absolute atomic E-state index is 12.9. The van der Waals surface area contributed by atoms with Crippen LogP contribution in [0.5, 0.6) is 0 Å². The minimum absolute atomic E-state index is 0.0793. The largest absolute Gasteiger partial charge is 0.377 e. The average molecular weight is 408 g/mol. The Bertz CT molecular complexity index is 617. The van der Waals surface area contributed by atoms with E-state index in [1.807, 2.05) is 13.3 Å². The van der Waals surface area contributed by atoms with E-state index in [0.717, 1.165) is 13.1 Å². The van der Waals surface area contributed by atoms with Gasteiger partial charge in [0.05, 0.1) is 11.4 Å². The number of hydrogen-bond acceptors (Lipinski definition) is 7. The van der Waals surface area contributed by atoms with Crippen molar-refractivity contribution in [2.24, 2.45) is 0 Å². The summed E-state index contributed by atoms with van der Waals surface area (Å²) in [5.74, 6) is -0.720. The summed E-state index contributed by atoms with van der Waals surface area (Å²) >= 11 is 1.47. The summed E-state index contributed by atoms with van der Waals surface area (Å²) in [6.07, 6.45) is 7.49. The summed E-state index contributed by atoms with van der Waals surface area (Å²) < 4.78 is 33.0. The zero-order valence-corrected chi connectivity index (χ0v) is 17.1. The first-order chi connectivity index (χ1) is 12.3. The third-order valence-corrected chi connectivity index (χ3v) is 8.61. The van der Waals surface area contributed by atoms with Gasteiger partial charge in [-0.1, -0.05) is 12.2 Å². The van der Waals surface area contributed by atoms with Crippen molar-refractivity contribution >= 4 is 27.7 Å². The van der Waals surface area contributed by atoms with E-state index in [1.165, 1.54) is 11.8 Å². The molecule has 0 aromatic carbocycles. The van der Waals surface area contributed by atoms with E-state index in [-0.39, 0.29) is 6.10 Å². The van der Waals surface area contributed by atoms with E-state index >= 15 is 0 Å². The van der Waals surface area contributed by atoms with E-state index in [2.05, 4.69) is 9.62 Å². The Balaban J connectivity index is 2.23. The van der Waals surface area contributed by atoms with Gasteiger partial charge in [0.15, 0.2) is 0 Å². The summed E-state index contributed by atoms with van der Waals surface area (Å²) in [4.78, 5) is 14.5.